The van der Waals surface area contributed by atoms with Crippen LogP contribution in [-0.4, -0.2) is 116 Å². The smallest absolute Gasteiger partial charge is 0.306 e. The molecule has 12 heteroatoms. The van der Waals surface area contributed by atoms with Crippen molar-refractivity contribution >= 4 is 5.97 Å². The molecular formula is C43H70O12. The van der Waals surface area contributed by atoms with E-state index >= 15 is 0 Å². The van der Waals surface area contributed by atoms with Gasteiger partial charge in [-0.3, -0.25) is 4.79 Å². The van der Waals surface area contributed by atoms with Gasteiger partial charge in [0.2, 0.25) is 0 Å². The van der Waals surface area contributed by atoms with Gasteiger partial charge in [-0.15, -0.1) is 0 Å². The fourth-order valence-corrected chi connectivity index (χ4v) is 14.1. The van der Waals surface area contributed by atoms with E-state index in [9.17, 15) is 40.5 Å². The third-order valence-corrected chi connectivity index (χ3v) is 17.4. The highest BCUT2D eigenvalue weighted by molar-refractivity contribution is 5.71. The minimum absolute atomic E-state index is 0.00304. The highest BCUT2D eigenvalue weighted by Gasteiger charge is 2.68. The summed E-state index contributed by atoms with van der Waals surface area (Å²) in [7, 11) is 0. The quantitative estimate of drug-likeness (QED) is 0.145. The molecule has 4 unspecified atom stereocenters. The van der Waals surface area contributed by atoms with Gasteiger partial charge in [-0.2, -0.15) is 0 Å². The Balaban J connectivity index is 1.10. The number of carbonyl (C=O) groups is 1. The Morgan fingerprint density at radius 1 is 0.782 bits per heavy atom. The number of hydrogen-bond acceptors (Lipinski definition) is 11. The molecule has 0 amide bonds. The molecule has 5 aliphatic carbocycles. The summed E-state index contributed by atoms with van der Waals surface area (Å²) in [6.07, 6.45) is -0.814. The molecule has 0 aromatic rings. The second kappa shape index (κ2) is 14.5. The number of carboxylic acid groups (broad SMARTS) is 1. The van der Waals surface area contributed by atoms with Crippen LogP contribution in [0.1, 0.15) is 113 Å². The zero-order valence-corrected chi connectivity index (χ0v) is 34.3. The van der Waals surface area contributed by atoms with Crippen LogP contribution >= 0.6 is 0 Å². The number of fused-ring (bicyclic) bond motifs is 7. The van der Waals surface area contributed by atoms with E-state index in [1.54, 1.807) is 6.92 Å². The summed E-state index contributed by atoms with van der Waals surface area (Å²) in [6, 6.07) is 0. The van der Waals surface area contributed by atoms with Gasteiger partial charge < -0.3 is 54.7 Å². The molecule has 0 bridgehead atoms. The van der Waals surface area contributed by atoms with Crippen LogP contribution in [0.15, 0.2) is 11.6 Å². The highest BCUT2D eigenvalue weighted by Crippen LogP contribution is 2.75. The first-order chi connectivity index (χ1) is 25.6. The molecule has 0 aromatic heterocycles. The number of hydrogen-bond donors (Lipinski definition) is 7. The first-order valence-corrected chi connectivity index (χ1v) is 21.1. The van der Waals surface area contributed by atoms with E-state index in [0.717, 1.165) is 57.8 Å². The number of rotatable bonds is 7. The Kier molecular flexibility index (Phi) is 11.1. The van der Waals surface area contributed by atoms with Crippen LogP contribution in [0.4, 0.5) is 0 Å². The lowest BCUT2D eigenvalue weighted by molar-refractivity contribution is -0.366. The van der Waals surface area contributed by atoms with E-state index in [1.165, 1.54) is 5.57 Å². The predicted molar refractivity (Wildman–Crippen MR) is 201 cm³/mol. The molecule has 6 fully saturated rings. The molecule has 2 saturated heterocycles. The Bertz CT molecular complexity index is 1460. The monoisotopic (exact) mass is 778 g/mol. The van der Waals surface area contributed by atoms with E-state index in [0.29, 0.717) is 17.8 Å². The van der Waals surface area contributed by atoms with Gasteiger partial charge in [0, 0.05) is 5.92 Å². The standard InChI is InChI=1S/C43H70O12/c1-21-31(46)26(19-44)52-37(32(21)47)55-35-33(48)27(20-45)53-38(34(35)49)54-30-13-14-41(6)28(40(30,4)5)12-16-43(8)29(41)10-9-25-23-17-39(2,3)18-24(36(50)51)22(23)11-15-42(25,43)7/h9,21-24,26-35,37-38,44-49H,10-20H2,1-8H3,(H,50,51)/t21-,22?,23+,24+,26+,27+,28?,29?,30-,31-,32+,33+,34+,35-,37-,38?,41-,42+,43+/m0/s1. The van der Waals surface area contributed by atoms with Crippen LogP contribution < -0.4 is 0 Å². The van der Waals surface area contributed by atoms with E-state index in [-0.39, 0.29) is 45.0 Å². The van der Waals surface area contributed by atoms with Gasteiger partial charge in [0.05, 0.1) is 31.3 Å². The van der Waals surface area contributed by atoms with Crippen molar-refractivity contribution in [2.24, 2.45) is 62.6 Å². The molecule has 4 saturated carbocycles. The van der Waals surface area contributed by atoms with Gasteiger partial charge in [-0.25, -0.2) is 0 Å². The summed E-state index contributed by atoms with van der Waals surface area (Å²) >= 11 is 0. The second-order valence-corrected chi connectivity index (χ2v) is 21.0. The third-order valence-electron chi connectivity index (χ3n) is 17.4. The van der Waals surface area contributed by atoms with Crippen molar-refractivity contribution in [3.63, 3.8) is 0 Å². The van der Waals surface area contributed by atoms with Crippen LogP contribution in [0.3, 0.4) is 0 Å². The SMILES string of the molecule is C[C@@H]1[C@@H](O)[C@H](O[C@H]2[C@H](O)[C@@H](CO)OC(O[C@H]3CC[C@@]4(C)C(CC[C@]5(C)C4CC=C4[C@@H]6CC(C)(C)C[C@@H](C(=O)O)C6CC[C@]45C)C3(C)C)[C@@H]2O)O[C@H](CO)[C@H]1O. The van der Waals surface area contributed by atoms with Gasteiger partial charge in [0.25, 0.3) is 0 Å². The number of carboxylic acids is 1. The minimum atomic E-state index is -1.50. The lowest BCUT2D eigenvalue weighted by atomic mass is 9.34. The predicted octanol–water partition coefficient (Wildman–Crippen LogP) is 4.01. The van der Waals surface area contributed by atoms with Crippen LogP contribution in [-0.2, 0) is 23.7 Å². The van der Waals surface area contributed by atoms with Crippen LogP contribution in [0, 0.1) is 62.6 Å². The molecular weight excluding hydrogens is 708 g/mol. The molecule has 0 spiro atoms. The number of ether oxygens (including phenoxy) is 4. The molecule has 12 nitrogen and oxygen atoms in total. The maximum atomic E-state index is 12.5. The fraction of sp³-hybridized carbons (Fsp3) is 0.930. The summed E-state index contributed by atoms with van der Waals surface area (Å²) in [6.45, 7) is 17.1. The van der Waals surface area contributed by atoms with Crippen LogP contribution in [0.2, 0.25) is 0 Å². The van der Waals surface area contributed by atoms with E-state index in [4.69, 9.17) is 18.9 Å². The Morgan fingerprint density at radius 2 is 1.42 bits per heavy atom. The van der Waals surface area contributed by atoms with Gasteiger partial charge in [-0.1, -0.05) is 67.0 Å². The van der Waals surface area contributed by atoms with Crippen molar-refractivity contribution in [3.8, 4) is 0 Å². The zero-order valence-electron chi connectivity index (χ0n) is 34.3. The van der Waals surface area contributed by atoms with Crippen LogP contribution in [0.5, 0.6) is 0 Å². The number of aliphatic hydroxyl groups is 6. The van der Waals surface area contributed by atoms with Crippen molar-refractivity contribution in [2.75, 3.05) is 13.2 Å². The summed E-state index contributed by atoms with van der Waals surface area (Å²) in [5.41, 5.74) is 1.25. The van der Waals surface area contributed by atoms with Crippen molar-refractivity contribution in [1.29, 1.82) is 0 Å². The Hall–Kier alpha value is -1.19. The maximum Gasteiger partial charge on any atom is 0.306 e. The third kappa shape index (κ3) is 6.50. The van der Waals surface area contributed by atoms with Crippen LogP contribution in [0.25, 0.3) is 0 Å². The summed E-state index contributed by atoms with van der Waals surface area (Å²) in [4.78, 5) is 12.5. The molecule has 7 rings (SSSR count). The van der Waals surface area contributed by atoms with Gasteiger partial charge >= 0.3 is 5.97 Å². The zero-order chi connectivity index (χ0) is 40.2. The molecule has 0 aromatic carbocycles. The second-order valence-electron chi connectivity index (χ2n) is 21.0. The lowest BCUT2D eigenvalue weighted by Gasteiger charge is -2.71. The van der Waals surface area contributed by atoms with E-state index in [2.05, 4.69) is 54.5 Å². The van der Waals surface area contributed by atoms with Gasteiger partial charge in [-0.05, 0) is 109 Å². The number of aliphatic hydroxyl groups excluding tert-OH is 6. The normalized spacial score (nSPS) is 53.2. The lowest BCUT2D eigenvalue weighted by Crippen LogP contribution is -2.66. The topological polar surface area (TPSA) is 196 Å². The molecule has 0 radical (unpaired) electrons. The van der Waals surface area contributed by atoms with Crippen molar-refractivity contribution < 1.29 is 59.5 Å². The minimum Gasteiger partial charge on any atom is -0.481 e. The summed E-state index contributed by atoms with van der Waals surface area (Å²) in [5, 5.41) is 74.4. The van der Waals surface area contributed by atoms with Crippen molar-refractivity contribution in [2.45, 2.75) is 175 Å². The van der Waals surface area contributed by atoms with Crippen molar-refractivity contribution in [3.05, 3.63) is 11.6 Å². The van der Waals surface area contributed by atoms with E-state index in [1.807, 2.05) is 0 Å². The molecule has 55 heavy (non-hydrogen) atoms. The van der Waals surface area contributed by atoms with Crippen molar-refractivity contribution in [1.82, 2.24) is 0 Å². The number of aliphatic carboxylic acids is 1. The summed E-state index contributed by atoms with van der Waals surface area (Å²) in [5.74, 6) is -0.395. The Morgan fingerprint density at radius 3 is 2.05 bits per heavy atom. The average molecular weight is 779 g/mol. The average Bonchev–Trinajstić information content (AvgIpc) is 3.11. The maximum absolute atomic E-state index is 12.5. The molecule has 2 heterocycles. The summed E-state index contributed by atoms with van der Waals surface area (Å²) < 4.78 is 24.4. The molecule has 2 aliphatic heterocycles. The molecule has 7 N–H and O–H groups in total. The van der Waals surface area contributed by atoms with Gasteiger partial charge in [0.1, 0.15) is 36.6 Å². The first-order valence-electron chi connectivity index (χ1n) is 21.1. The molecule has 7 aliphatic rings. The van der Waals surface area contributed by atoms with Gasteiger partial charge in [0.15, 0.2) is 12.6 Å². The number of allylic oxidation sites excluding steroid dienone is 2. The van der Waals surface area contributed by atoms with E-state index < -0.39 is 80.4 Å². The first kappa shape index (κ1) is 42.0. The largest absolute Gasteiger partial charge is 0.481 e. The molecule has 314 valence electrons. The highest BCUT2D eigenvalue weighted by atomic mass is 16.7. The Labute approximate surface area is 327 Å². The molecule has 19 atom stereocenters. The fourth-order valence-electron chi connectivity index (χ4n) is 14.1.